The van der Waals surface area contributed by atoms with Crippen LogP contribution in [0.4, 0.5) is 5.69 Å². The summed E-state index contributed by atoms with van der Waals surface area (Å²) in [6, 6.07) is 12.9. The van der Waals surface area contributed by atoms with Crippen LogP contribution in [0.3, 0.4) is 0 Å². The van der Waals surface area contributed by atoms with Crippen LogP contribution in [-0.2, 0) is 16.0 Å². The monoisotopic (exact) mass is 413 g/mol. The molecule has 3 aromatic rings. The van der Waals surface area contributed by atoms with Gasteiger partial charge in [-0.2, -0.15) is 0 Å². The quantitative estimate of drug-likeness (QED) is 0.592. The van der Waals surface area contributed by atoms with Gasteiger partial charge in [0, 0.05) is 34.9 Å². The Hall–Kier alpha value is -2.60. The molecule has 1 aromatic heterocycles. The molecule has 5 nitrogen and oxygen atoms in total. The molecule has 134 valence electrons. The maximum absolute atomic E-state index is 12.8. The van der Waals surface area contributed by atoms with Gasteiger partial charge in [0.05, 0.1) is 5.69 Å². The smallest absolute Gasteiger partial charge is 0.247 e. The number of hydrogen-bond donors (Lipinski definition) is 3. The van der Waals surface area contributed by atoms with E-state index in [2.05, 4.69) is 31.5 Å². The molecular formula is C20H20BrN3O2. The van der Waals surface area contributed by atoms with Gasteiger partial charge in [-0.05, 0) is 52.2 Å². The van der Waals surface area contributed by atoms with Crippen molar-refractivity contribution in [1.82, 2.24) is 10.3 Å². The maximum Gasteiger partial charge on any atom is 0.247 e. The number of fused-ring (bicyclic) bond motifs is 1. The molecule has 0 aliphatic rings. The number of aromatic nitrogens is 1. The third kappa shape index (κ3) is 4.14. The Morgan fingerprint density at radius 1 is 1.19 bits per heavy atom. The minimum absolute atomic E-state index is 0.243. The first kappa shape index (κ1) is 18.2. The van der Waals surface area contributed by atoms with Crippen molar-refractivity contribution >= 4 is 44.3 Å². The van der Waals surface area contributed by atoms with Crippen LogP contribution in [0.1, 0.15) is 18.1 Å². The molecule has 0 fully saturated rings. The zero-order valence-corrected chi connectivity index (χ0v) is 16.2. The number of rotatable bonds is 5. The number of aryl methyl sites for hydroxylation is 1. The van der Waals surface area contributed by atoms with Crippen molar-refractivity contribution in [2.75, 3.05) is 5.32 Å². The van der Waals surface area contributed by atoms with Crippen LogP contribution in [0.15, 0.2) is 53.1 Å². The number of anilines is 1. The first-order chi connectivity index (χ1) is 12.4. The SMILES string of the molecule is CC(=O)NC(Cc1c[nH]c2ccccc12)C(=O)Nc1ccc(C)cc1Br. The summed E-state index contributed by atoms with van der Waals surface area (Å²) in [5.41, 5.74) is 3.75. The first-order valence-corrected chi connectivity index (χ1v) is 9.12. The largest absolute Gasteiger partial charge is 0.361 e. The second kappa shape index (κ2) is 7.74. The highest BCUT2D eigenvalue weighted by molar-refractivity contribution is 9.10. The van der Waals surface area contributed by atoms with Crippen molar-refractivity contribution in [2.24, 2.45) is 0 Å². The van der Waals surface area contributed by atoms with Crippen molar-refractivity contribution in [3.05, 3.63) is 64.3 Å². The number of para-hydroxylation sites is 1. The molecule has 0 bridgehead atoms. The number of amides is 2. The van der Waals surface area contributed by atoms with Gasteiger partial charge in [0.1, 0.15) is 6.04 Å². The summed E-state index contributed by atoms with van der Waals surface area (Å²) >= 11 is 3.46. The van der Waals surface area contributed by atoms with E-state index in [1.807, 2.05) is 55.6 Å². The number of aromatic amines is 1. The molecule has 0 saturated heterocycles. The molecule has 0 radical (unpaired) electrons. The maximum atomic E-state index is 12.8. The van der Waals surface area contributed by atoms with Gasteiger partial charge in [0.2, 0.25) is 11.8 Å². The van der Waals surface area contributed by atoms with E-state index in [1.165, 1.54) is 6.92 Å². The molecule has 1 unspecified atom stereocenters. The first-order valence-electron chi connectivity index (χ1n) is 8.33. The van der Waals surface area contributed by atoms with Crippen LogP contribution in [0, 0.1) is 6.92 Å². The average molecular weight is 414 g/mol. The van der Waals surface area contributed by atoms with Crippen LogP contribution in [0.2, 0.25) is 0 Å². The number of nitrogens with one attached hydrogen (secondary N) is 3. The molecule has 26 heavy (non-hydrogen) atoms. The topological polar surface area (TPSA) is 74.0 Å². The molecule has 0 aliphatic heterocycles. The van der Waals surface area contributed by atoms with Crippen LogP contribution in [-0.4, -0.2) is 22.8 Å². The lowest BCUT2D eigenvalue weighted by molar-refractivity contribution is -0.125. The molecule has 1 heterocycles. The number of benzene rings is 2. The Morgan fingerprint density at radius 2 is 1.96 bits per heavy atom. The Balaban J connectivity index is 1.83. The number of carbonyl (C=O) groups is 2. The lowest BCUT2D eigenvalue weighted by Crippen LogP contribution is -2.44. The van der Waals surface area contributed by atoms with E-state index in [9.17, 15) is 9.59 Å². The van der Waals surface area contributed by atoms with Gasteiger partial charge in [-0.3, -0.25) is 9.59 Å². The van der Waals surface area contributed by atoms with E-state index in [1.54, 1.807) is 0 Å². The van der Waals surface area contributed by atoms with Gasteiger partial charge in [-0.25, -0.2) is 0 Å². The van der Waals surface area contributed by atoms with Gasteiger partial charge in [0.15, 0.2) is 0 Å². The van der Waals surface area contributed by atoms with Crippen molar-refractivity contribution in [2.45, 2.75) is 26.3 Å². The van der Waals surface area contributed by atoms with Gasteiger partial charge in [-0.1, -0.05) is 24.3 Å². The number of carbonyl (C=O) groups excluding carboxylic acids is 2. The molecule has 0 aliphatic carbocycles. The van der Waals surface area contributed by atoms with Crippen molar-refractivity contribution in [3.63, 3.8) is 0 Å². The minimum atomic E-state index is -0.667. The van der Waals surface area contributed by atoms with Gasteiger partial charge in [-0.15, -0.1) is 0 Å². The van der Waals surface area contributed by atoms with E-state index >= 15 is 0 Å². The van der Waals surface area contributed by atoms with Crippen LogP contribution in [0.25, 0.3) is 10.9 Å². The Morgan fingerprint density at radius 3 is 2.69 bits per heavy atom. The van der Waals surface area contributed by atoms with Gasteiger partial charge >= 0.3 is 0 Å². The van der Waals surface area contributed by atoms with E-state index in [0.717, 1.165) is 26.5 Å². The average Bonchev–Trinajstić information content (AvgIpc) is 2.99. The van der Waals surface area contributed by atoms with Crippen molar-refractivity contribution < 1.29 is 9.59 Å². The molecule has 0 spiro atoms. The normalized spacial score (nSPS) is 12.0. The lowest BCUT2D eigenvalue weighted by atomic mass is 10.0. The van der Waals surface area contributed by atoms with E-state index in [4.69, 9.17) is 0 Å². The molecule has 2 amide bonds. The minimum Gasteiger partial charge on any atom is -0.361 e. The lowest BCUT2D eigenvalue weighted by Gasteiger charge is -2.18. The van der Waals surface area contributed by atoms with Gasteiger partial charge < -0.3 is 15.6 Å². The van der Waals surface area contributed by atoms with Crippen molar-refractivity contribution in [3.8, 4) is 0 Å². The fourth-order valence-electron chi connectivity index (χ4n) is 2.92. The third-order valence-electron chi connectivity index (χ3n) is 4.18. The number of hydrogen-bond acceptors (Lipinski definition) is 2. The summed E-state index contributed by atoms with van der Waals surface area (Å²) in [4.78, 5) is 27.6. The zero-order chi connectivity index (χ0) is 18.7. The van der Waals surface area contributed by atoms with Gasteiger partial charge in [0.25, 0.3) is 0 Å². The molecule has 3 N–H and O–H groups in total. The predicted molar refractivity (Wildman–Crippen MR) is 107 cm³/mol. The molecule has 0 saturated carbocycles. The molecule has 6 heteroatoms. The Bertz CT molecular complexity index is 965. The van der Waals surface area contributed by atoms with E-state index in [0.29, 0.717) is 12.1 Å². The fourth-order valence-corrected chi connectivity index (χ4v) is 3.51. The highest BCUT2D eigenvalue weighted by atomic mass is 79.9. The zero-order valence-electron chi connectivity index (χ0n) is 14.6. The summed E-state index contributed by atoms with van der Waals surface area (Å²) in [6.07, 6.45) is 2.29. The second-order valence-corrected chi connectivity index (χ2v) is 7.14. The Labute approximate surface area is 160 Å². The highest BCUT2D eigenvalue weighted by Gasteiger charge is 2.22. The highest BCUT2D eigenvalue weighted by Crippen LogP contribution is 2.24. The molecule has 3 rings (SSSR count). The van der Waals surface area contributed by atoms with E-state index < -0.39 is 6.04 Å². The molecule has 2 aromatic carbocycles. The standard InChI is InChI=1S/C20H20BrN3O2/c1-12-7-8-18(16(21)9-12)24-20(26)19(23-13(2)25)10-14-11-22-17-6-4-3-5-15(14)17/h3-9,11,19,22H,10H2,1-2H3,(H,23,25)(H,24,26). The van der Waals surface area contributed by atoms with Crippen molar-refractivity contribution in [1.29, 1.82) is 0 Å². The fraction of sp³-hybridized carbons (Fsp3) is 0.200. The predicted octanol–water partition coefficient (Wildman–Crippen LogP) is 3.92. The summed E-state index contributed by atoms with van der Waals surface area (Å²) in [5, 5.41) is 6.69. The summed E-state index contributed by atoms with van der Waals surface area (Å²) < 4.78 is 0.805. The van der Waals surface area contributed by atoms with E-state index in [-0.39, 0.29) is 11.8 Å². The van der Waals surface area contributed by atoms with Crippen LogP contribution >= 0.6 is 15.9 Å². The summed E-state index contributed by atoms with van der Waals surface area (Å²) in [7, 11) is 0. The molecular weight excluding hydrogens is 394 g/mol. The number of H-pyrrole nitrogens is 1. The Kier molecular flexibility index (Phi) is 5.42. The molecule has 1 atom stereocenters. The third-order valence-corrected chi connectivity index (χ3v) is 4.83. The summed E-state index contributed by atoms with van der Waals surface area (Å²) in [6.45, 7) is 3.39. The second-order valence-electron chi connectivity index (χ2n) is 6.29. The van der Waals surface area contributed by atoms with Crippen LogP contribution < -0.4 is 10.6 Å². The number of halogens is 1. The summed E-state index contributed by atoms with van der Waals surface area (Å²) in [5.74, 6) is -0.497. The van der Waals surface area contributed by atoms with Crippen LogP contribution in [0.5, 0.6) is 0 Å².